The minimum Gasteiger partial charge on any atom is -0.487 e. The number of para-hydroxylation sites is 2. The number of hydrogen-bond acceptors (Lipinski definition) is 4. The fourth-order valence-electron chi connectivity index (χ4n) is 4.55. The summed E-state index contributed by atoms with van der Waals surface area (Å²) in [4.78, 5) is 2.25. The van der Waals surface area contributed by atoms with Crippen LogP contribution in [0.1, 0.15) is 43.4 Å². The lowest BCUT2D eigenvalue weighted by atomic mass is 9.75. The first-order valence-electron chi connectivity index (χ1n) is 10.5. The fourth-order valence-corrected chi connectivity index (χ4v) is 4.55. The lowest BCUT2D eigenvalue weighted by molar-refractivity contribution is 0.307. The van der Waals surface area contributed by atoms with Crippen molar-refractivity contribution < 1.29 is 4.74 Å². The normalized spacial score (nSPS) is 14.2. The molecule has 152 valence electrons. The van der Waals surface area contributed by atoms with Gasteiger partial charge >= 0.3 is 0 Å². The van der Waals surface area contributed by atoms with Crippen LogP contribution >= 0.6 is 0 Å². The predicted molar refractivity (Wildman–Crippen MR) is 122 cm³/mol. The van der Waals surface area contributed by atoms with Gasteiger partial charge in [0.05, 0.1) is 28.7 Å². The van der Waals surface area contributed by atoms with E-state index in [0.717, 1.165) is 58.9 Å². The number of nitrogens with zero attached hydrogens (tertiary/aromatic N) is 2. The Bertz CT molecular complexity index is 1080. The molecule has 0 saturated heterocycles. The van der Waals surface area contributed by atoms with Gasteiger partial charge in [0.25, 0.3) is 0 Å². The van der Waals surface area contributed by atoms with Gasteiger partial charge in [-0.2, -0.15) is 5.26 Å². The number of nitrogen functional groups attached to an aromatic ring is 1. The molecule has 4 nitrogen and oxygen atoms in total. The molecule has 30 heavy (non-hydrogen) atoms. The van der Waals surface area contributed by atoms with E-state index < -0.39 is 0 Å². The van der Waals surface area contributed by atoms with E-state index in [9.17, 15) is 5.26 Å². The number of anilines is 3. The standard InChI is InChI=1S/C26H27N3O/c1-3-26(4-2)18-29(22-13-9-8-12-21(22)28)25-23(15-14-20(16-27)24(25)26)30-17-19-10-6-5-7-11-19/h5-15H,3-4,17-18,28H2,1-2H3. The number of nitriles is 1. The highest BCUT2D eigenvalue weighted by atomic mass is 16.5. The molecule has 0 saturated carbocycles. The molecule has 0 aliphatic carbocycles. The van der Waals surface area contributed by atoms with Crippen LogP contribution < -0.4 is 15.4 Å². The Hall–Kier alpha value is -3.45. The van der Waals surface area contributed by atoms with Crippen LogP contribution in [0, 0.1) is 11.3 Å². The highest BCUT2D eigenvalue weighted by Gasteiger charge is 2.44. The second-order valence-electron chi connectivity index (χ2n) is 7.85. The summed E-state index contributed by atoms with van der Waals surface area (Å²) in [7, 11) is 0. The van der Waals surface area contributed by atoms with Gasteiger partial charge in [-0.1, -0.05) is 56.3 Å². The zero-order valence-electron chi connectivity index (χ0n) is 17.6. The molecule has 0 aromatic heterocycles. The van der Waals surface area contributed by atoms with E-state index in [-0.39, 0.29) is 5.41 Å². The van der Waals surface area contributed by atoms with Crippen molar-refractivity contribution in [2.75, 3.05) is 17.2 Å². The van der Waals surface area contributed by atoms with Gasteiger partial charge in [-0.25, -0.2) is 0 Å². The van der Waals surface area contributed by atoms with Crippen molar-refractivity contribution >= 4 is 17.1 Å². The van der Waals surface area contributed by atoms with Crippen LogP contribution in [0.15, 0.2) is 66.7 Å². The third kappa shape index (κ3) is 3.27. The van der Waals surface area contributed by atoms with E-state index in [1.165, 1.54) is 0 Å². The van der Waals surface area contributed by atoms with Gasteiger partial charge in [-0.05, 0) is 42.7 Å². The Kier molecular flexibility index (Phi) is 5.37. The molecule has 3 aromatic rings. The van der Waals surface area contributed by atoms with E-state index >= 15 is 0 Å². The lowest BCUT2D eigenvalue weighted by Gasteiger charge is -2.29. The molecule has 0 fully saturated rings. The average Bonchev–Trinajstić information content (AvgIpc) is 3.15. The van der Waals surface area contributed by atoms with Crippen LogP contribution in [0.25, 0.3) is 0 Å². The monoisotopic (exact) mass is 397 g/mol. The van der Waals surface area contributed by atoms with Crippen LogP contribution in [0.4, 0.5) is 17.1 Å². The number of nitrogens with two attached hydrogens (primary N) is 1. The molecule has 0 radical (unpaired) electrons. The fraction of sp³-hybridized carbons (Fsp3) is 0.269. The summed E-state index contributed by atoms with van der Waals surface area (Å²) in [5.41, 5.74) is 11.8. The molecular formula is C26H27N3O. The van der Waals surface area contributed by atoms with Gasteiger partial charge in [0.1, 0.15) is 12.4 Å². The first-order chi connectivity index (χ1) is 14.6. The molecular weight excluding hydrogens is 370 g/mol. The van der Waals surface area contributed by atoms with Gasteiger partial charge in [0.15, 0.2) is 0 Å². The van der Waals surface area contributed by atoms with Crippen LogP contribution in [0.2, 0.25) is 0 Å². The predicted octanol–water partition coefficient (Wildman–Crippen LogP) is 5.93. The van der Waals surface area contributed by atoms with Gasteiger partial charge in [0, 0.05) is 17.5 Å². The third-order valence-electron chi connectivity index (χ3n) is 6.34. The van der Waals surface area contributed by atoms with Crippen molar-refractivity contribution in [3.8, 4) is 11.8 Å². The molecule has 1 heterocycles. The molecule has 4 rings (SSSR count). The molecule has 3 aromatic carbocycles. The van der Waals surface area contributed by atoms with Crippen LogP contribution in [0.3, 0.4) is 0 Å². The molecule has 1 aliphatic heterocycles. The van der Waals surface area contributed by atoms with Crippen molar-refractivity contribution in [2.24, 2.45) is 0 Å². The maximum absolute atomic E-state index is 9.90. The zero-order valence-corrected chi connectivity index (χ0v) is 17.6. The molecule has 0 amide bonds. The number of benzene rings is 3. The van der Waals surface area contributed by atoms with E-state index in [1.807, 2.05) is 54.6 Å². The molecule has 0 unspecified atom stereocenters. The Morgan fingerprint density at radius 3 is 2.37 bits per heavy atom. The first-order valence-corrected chi connectivity index (χ1v) is 10.5. The molecule has 4 heteroatoms. The Labute approximate surface area is 178 Å². The van der Waals surface area contributed by atoms with E-state index in [2.05, 4.69) is 36.9 Å². The van der Waals surface area contributed by atoms with Crippen molar-refractivity contribution in [1.82, 2.24) is 0 Å². The summed E-state index contributed by atoms with van der Waals surface area (Å²) in [5, 5.41) is 9.90. The Morgan fingerprint density at radius 2 is 1.70 bits per heavy atom. The van der Waals surface area contributed by atoms with Crippen LogP contribution in [-0.4, -0.2) is 6.54 Å². The smallest absolute Gasteiger partial charge is 0.143 e. The number of hydrogen-bond donors (Lipinski definition) is 1. The number of fused-ring (bicyclic) bond motifs is 1. The zero-order chi connectivity index (χ0) is 21.1. The van der Waals surface area contributed by atoms with E-state index in [1.54, 1.807) is 0 Å². The SMILES string of the molecule is CCC1(CC)CN(c2ccccc2N)c2c(OCc3ccccc3)ccc(C#N)c21. The number of ether oxygens (including phenoxy) is 1. The maximum atomic E-state index is 9.90. The highest BCUT2D eigenvalue weighted by Crippen LogP contribution is 2.54. The van der Waals surface area contributed by atoms with Crippen molar-refractivity contribution in [1.29, 1.82) is 5.26 Å². The summed E-state index contributed by atoms with van der Waals surface area (Å²) in [5.74, 6) is 0.792. The minimum absolute atomic E-state index is 0.116. The summed E-state index contributed by atoms with van der Waals surface area (Å²) < 4.78 is 6.32. The maximum Gasteiger partial charge on any atom is 0.143 e. The molecule has 0 spiro atoms. The minimum atomic E-state index is -0.116. The quantitative estimate of drug-likeness (QED) is 0.524. The van der Waals surface area contributed by atoms with Crippen molar-refractivity contribution in [3.05, 3.63) is 83.4 Å². The highest BCUT2D eigenvalue weighted by molar-refractivity contribution is 5.85. The lowest BCUT2D eigenvalue weighted by Crippen LogP contribution is -2.31. The summed E-state index contributed by atoms with van der Waals surface area (Å²) in [6.07, 6.45) is 1.88. The Balaban J connectivity index is 1.87. The Morgan fingerprint density at radius 1 is 1.00 bits per heavy atom. The summed E-state index contributed by atoms with van der Waals surface area (Å²) >= 11 is 0. The second-order valence-corrected chi connectivity index (χ2v) is 7.85. The molecule has 0 atom stereocenters. The first kappa shape index (κ1) is 19.8. The van der Waals surface area contributed by atoms with Crippen LogP contribution in [-0.2, 0) is 12.0 Å². The van der Waals surface area contributed by atoms with Gasteiger partial charge in [0.2, 0.25) is 0 Å². The summed E-state index contributed by atoms with van der Waals surface area (Å²) in [6.45, 7) is 5.65. The number of rotatable bonds is 6. The largest absolute Gasteiger partial charge is 0.487 e. The summed E-state index contributed by atoms with van der Waals surface area (Å²) in [6, 6.07) is 24.3. The molecule has 0 bridgehead atoms. The van der Waals surface area contributed by atoms with Crippen molar-refractivity contribution in [3.63, 3.8) is 0 Å². The topological polar surface area (TPSA) is 62.3 Å². The van der Waals surface area contributed by atoms with E-state index in [4.69, 9.17) is 10.5 Å². The van der Waals surface area contributed by atoms with Gasteiger partial charge in [-0.3, -0.25) is 0 Å². The van der Waals surface area contributed by atoms with Crippen LogP contribution in [0.5, 0.6) is 5.75 Å². The second kappa shape index (κ2) is 8.12. The molecule has 1 aliphatic rings. The average molecular weight is 398 g/mol. The van der Waals surface area contributed by atoms with E-state index in [0.29, 0.717) is 6.61 Å². The van der Waals surface area contributed by atoms with Gasteiger partial charge < -0.3 is 15.4 Å². The van der Waals surface area contributed by atoms with Crippen molar-refractivity contribution in [2.45, 2.75) is 38.7 Å². The van der Waals surface area contributed by atoms with Gasteiger partial charge in [-0.15, -0.1) is 0 Å². The third-order valence-corrected chi connectivity index (χ3v) is 6.34. The molecule has 2 N–H and O–H groups in total.